The van der Waals surface area contributed by atoms with Crippen LogP contribution in [-0.4, -0.2) is 14.7 Å². The molecule has 0 fully saturated rings. The molecule has 0 aliphatic heterocycles. The largest absolute Gasteiger partial charge is 0.502 e. The number of thiophene rings is 1. The average molecular weight is 447 g/mol. The lowest BCUT2D eigenvalue weighted by Crippen LogP contribution is -2.24. The maximum atomic E-state index is 13.5. The molecule has 0 aromatic carbocycles. The zero-order valence-corrected chi connectivity index (χ0v) is 19.1. The van der Waals surface area contributed by atoms with Gasteiger partial charge in [0.15, 0.2) is 10.9 Å². The lowest BCUT2D eigenvalue weighted by atomic mass is 9.89. The summed E-state index contributed by atoms with van der Waals surface area (Å²) in [6.07, 6.45) is 5.01. The summed E-state index contributed by atoms with van der Waals surface area (Å²) in [5, 5.41) is 10.8. The molecule has 160 valence electrons. The van der Waals surface area contributed by atoms with E-state index in [-0.39, 0.29) is 5.56 Å². The van der Waals surface area contributed by atoms with Crippen molar-refractivity contribution in [3.63, 3.8) is 0 Å². The van der Waals surface area contributed by atoms with Crippen molar-refractivity contribution in [3.05, 3.63) is 49.1 Å². The quantitative estimate of drug-likeness (QED) is 0.441. The Morgan fingerprint density at radius 3 is 2.93 bits per heavy atom. The van der Waals surface area contributed by atoms with Crippen LogP contribution in [0.3, 0.4) is 0 Å². The summed E-state index contributed by atoms with van der Waals surface area (Å²) in [7, 11) is 0. The second kappa shape index (κ2) is 8.59. The summed E-state index contributed by atoms with van der Waals surface area (Å²) < 4.78 is 7.10. The topological polar surface area (TPSA) is 85.3 Å². The van der Waals surface area contributed by atoms with E-state index in [2.05, 4.69) is 20.8 Å². The molecule has 3 aromatic rings. The van der Waals surface area contributed by atoms with Crippen LogP contribution in [0, 0.1) is 11.8 Å². The highest BCUT2D eigenvalue weighted by atomic mass is 32.2. The van der Waals surface area contributed by atoms with Gasteiger partial charge >= 0.3 is 0 Å². The van der Waals surface area contributed by atoms with E-state index in [9.17, 15) is 14.7 Å². The van der Waals surface area contributed by atoms with Crippen molar-refractivity contribution in [2.24, 2.45) is 11.8 Å². The first-order valence-corrected chi connectivity index (χ1v) is 12.1. The number of thioether (sulfide) groups is 1. The summed E-state index contributed by atoms with van der Waals surface area (Å²) in [4.78, 5) is 32.2. The van der Waals surface area contributed by atoms with Crippen molar-refractivity contribution >= 4 is 33.3 Å². The zero-order valence-electron chi connectivity index (χ0n) is 17.4. The molecule has 0 bridgehead atoms. The molecule has 1 N–H and O–H groups in total. The van der Waals surface area contributed by atoms with E-state index in [1.54, 1.807) is 15.9 Å². The summed E-state index contributed by atoms with van der Waals surface area (Å²) in [5.41, 5.74) is 0.768. The Kier molecular flexibility index (Phi) is 6.06. The highest BCUT2D eigenvalue weighted by molar-refractivity contribution is 7.98. The maximum absolute atomic E-state index is 13.5. The fourth-order valence-corrected chi connectivity index (χ4v) is 6.09. The minimum absolute atomic E-state index is 0.0439. The maximum Gasteiger partial charge on any atom is 0.263 e. The smallest absolute Gasteiger partial charge is 0.263 e. The highest BCUT2D eigenvalue weighted by Crippen LogP contribution is 2.36. The van der Waals surface area contributed by atoms with Crippen LogP contribution in [0.2, 0.25) is 0 Å². The van der Waals surface area contributed by atoms with Gasteiger partial charge in [0, 0.05) is 17.5 Å². The minimum atomic E-state index is -0.475. The summed E-state index contributed by atoms with van der Waals surface area (Å²) in [6.45, 7) is 7.15. The Morgan fingerprint density at radius 2 is 2.20 bits per heavy atom. The van der Waals surface area contributed by atoms with Crippen LogP contribution in [-0.2, 0) is 25.1 Å². The van der Waals surface area contributed by atoms with Crippen molar-refractivity contribution in [1.29, 1.82) is 0 Å². The molecule has 0 radical (unpaired) electrons. The molecule has 4 rings (SSSR count). The molecule has 0 saturated heterocycles. The predicted molar refractivity (Wildman–Crippen MR) is 121 cm³/mol. The summed E-state index contributed by atoms with van der Waals surface area (Å²) in [5.74, 6) is 1.50. The van der Waals surface area contributed by atoms with Gasteiger partial charge < -0.3 is 9.52 Å². The zero-order chi connectivity index (χ0) is 21.4. The van der Waals surface area contributed by atoms with Crippen molar-refractivity contribution in [2.75, 3.05) is 0 Å². The highest BCUT2D eigenvalue weighted by Gasteiger charge is 2.25. The van der Waals surface area contributed by atoms with E-state index in [1.807, 2.05) is 0 Å². The third-order valence-electron chi connectivity index (χ3n) is 5.52. The Morgan fingerprint density at radius 1 is 1.40 bits per heavy atom. The van der Waals surface area contributed by atoms with Gasteiger partial charge in [-0.05, 0) is 43.1 Å². The summed E-state index contributed by atoms with van der Waals surface area (Å²) in [6, 6.07) is 1.28. The van der Waals surface area contributed by atoms with Gasteiger partial charge in [0.05, 0.1) is 11.1 Å². The number of rotatable bonds is 6. The lowest BCUT2D eigenvalue weighted by Gasteiger charge is -2.18. The van der Waals surface area contributed by atoms with Gasteiger partial charge in [-0.25, -0.2) is 4.98 Å². The van der Waals surface area contributed by atoms with E-state index in [0.717, 1.165) is 42.2 Å². The Labute approximate surface area is 183 Å². The molecule has 1 aliphatic rings. The van der Waals surface area contributed by atoms with Crippen molar-refractivity contribution < 1.29 is 9.52 Å². The van der Waals surface area contributed by atoms with Crippen LogP contribution in [0.25, 0.3) is 10.2 Å². The molecule has 1 aliphatic carbocycles. The Bertz CT molecular complexity index is 1190. The van der Waals surface area contributed by atoms with Gasteiger partial charge in [-0.2, -0.15) is 0 Å². The fourth-order valence-electron chi connectivity index (χ4n) is 3.75. The standard InChI is InChI=1S/C22H26N2O4S2/c1-12(2)6-7-24-21(27)19-15-5-4-13(3)8-18(15)30-20(19)23-22(24)29-11-14-9-16(25)17(26)10-28-14/h9-10,12-13,26H,4-8,11H2,1-3H3. The van der Waals surface area contributed by atoms with Gasteiger partial charge in [0.1, 0.15) is 16.9 Å². The Balaban J connectivity index is 1.74. The fraction of sp³-hybridized carbons (Fsp3) is 0.500. The molecular formula is C22H26N2O4S2. The van der Waals surface area contributed by atoms with Crippen molar-refractivity contribution in [2.45, 2.75) is 63.9 Å². The first-order valence-electron chi connectivity index (χ1n) is 10.3. The molecule has 3 heterocycles. The monoisotopic (exact) mass is 446 g/mol. The predicted octanol–water partition coefficient (Wildman–Crippen LogP) is 4.58. The Hall–Kier alpha value is -2.06. The van der Waals surface area contributed by atoms with Gasteiger partial charge in [0.2, 0.25) is 5.43 Å². The lowest BCUT2D eigenvalue weighted by molar-refractivity contribution is 0.419. The number of aryl methyl sites for hydroxylation is 1. The third kappa shape index (κ3) is 4.21. The van der Waals surface area contributed by atoms with Crippen LogP contribution in [0.1, 0.15) is 49.8 Å². The molecule has 0 amide bonds. The van der Waals surface area contributed by atoms with Crippen LogP contribution in [0.15, 0.2) is 31.5 Å². The van der Waals surface area contributed by atoms with Crippen molar-refractivity contribution in [1.82, 2.24) is 9.55 Å². The number of hydrogen-bond donors (Lipinski definition) is 1. The normalized spacial score (nSPS) is 16.3. The van der Waals surface area contributed by atoms with Crippen molar-refractivity contribution in [3.8, 4) is 5.75 Å². The van der Waals surface area contributed by atoms with E-state index < -0.39 is 11.2 Å². The van der Waals surface area contributed by atoms with Gasteiger partial charge in [0.25, 0.3) is 5.56 Å². The molecule has 0 spiro atoms. The summed E-state index contributed by atoms with van der Waals surface area (Å²) >= 11 is 3.03. The van der Waals surface area contributed by atoms with E-state index in [0.29, 0.717) is 35.1 Å². The molecule has 30 heavy (non-hydrogen) atoms. The first-order chi connectivity index (χ1) is 14.3. The van der Waals surface area contributed by atoms with Gasteiger partial charge in [-0.3, -0.25) is 14.2 Å². The number of aromatic hydroxyl groups is 1. The van der Waals surface area contributed by atoms with Crippen LogP contribution in [0.4, 0.5) is 0 Å². The number of fused-ring (bicyclic) bond motifs is 3. The molecular weight excluding hydrogens is 420 g/mol. The van der Waals surface area contributed by atoms with Crippen LogP contribution < -0.4 is 11.0 Å². The molecule has 8 heteroatoms. The molecule has 3 aromatic heterocycles. The van der Waals surface area contributed by atoms with E-state index in [1.165, 1.54) is 28.3 Å². The molecule has 1 atom stereocenters. The molecule has 0 saturated carbocycles. The SMILES string of the molecule is CC(C)CCn1c(SCc2cc(=O)c(O)co2)nc2sc3c(c2c1=O)CCC(C)C3. The molecule has 1 unspecified atom stereocenters. The molecule has 6 nitrogen and oxygen atoms in total. The van der Waals surface area contributed by atoms with Crippen LogP contribution >= 0.6 is 23.1 Å². The number of hydrogen-bond acceptors (Lipinski definition) is 7. The van der Waals surface area contributed by atoms with Gasteiger partial charge in [-0.1, -0.05) is 32.5 Å². The van der Waals surface area contributed by atoms with Crippen LogP contribution in [0.5, 0.6) is 5.75 Å². The van der Waals surface area contributed by atoms with E-state index >= 15 is 0 Å². The number of nitrogens with zero attached hydrogens (tertiary/aromatic N) is 2. The van der Waals surface area contributed by atoms with Gasteiger partial charge in [-0.15, -0.1) is 11.3 Å². The number of aromatic nitrogens is 2. The third-order valence-corrected chi connectivity index (χ3v) is 7.67. The second-order valence-corrected chi connectivity index (χ2v) is 10.5. The van der Waals surface area contributed by atoms with E-state index in [4.69, 9.17) is 9.40 Å². The second-order valence-electron chi connectivity index (χ2n) is 8.45. The minimum Gasteiger partial charge on any atom is -0.502 e. The average Bonchev–Trinajstić information content (AvgIpc) is 3.05. The first kappa shape index (κ1) is 21.2.